The molecule has 0 atom stereocenters. The topological polar surface area (TPSA) is 84.0 Å². The van der Waals surface area contributed by atoms with Gasteiger partial charge in [-0.25, -0.2) is 17.6 Å². The van der Waals surface area contributed by atoms with Crippen molar-refractivity contribution in [3.8, 4) is 0 Å². The number of benzene rings is 1. The lowest BCUT2D eigenvalue weighted by molar-refractivity contribution is -0.136. The molecule has 168 valence electrons. The Labute approximate surface area is 178 Å². The number of carbonyl (C=O) groups is 2. The van der Waals surface area contributed by atoms with Crippen LogP contribution in [0.15, 0.2) is 23.1 Å². The van der Waals surface area contributed by atoms with E-state index in [0.717, 1.165) is 43.9 Å². The minimum absolute atomic E-state index is 0.103. The van der Waals surface area contributed by atoms with Crippen molar-refractivity contribution in [1.82, 2.24) is 9.21 Å². The van der Waals surface area contributed by atoms with E-state index in [4.69, 9.17) is 4.74 Å². The Hall–Kier alpha value is -2.00. The van der Waals surface area contributed by atoms with Gasteiger partial charge in [0.2, 0.25) is 10.0 Å². The van der Waals surface area contributed by atoms with E-state index in [-0.39, 0.29) is 29.9 Å². The Morgan fingerprint density at radius 3 is 2.30 bits per heavy atom. The second-order valence-corrected chi connectivity index (χ2v) is 9.66. The molecule has 1 saturated carbocycles. The summed E-state index contributed by atoms with van der Waals surface area (Å²) in [7, 11) is -2.18. The van der Waals surface area contributed by atoms with Gasteiger partial charge in [0, 0.05) is 26.2 Å². The van der Waals surface area contributed by atoms with Crippen LogP contribution in [-0.2, 0) is 19.6 Å². The molecule has 7 nitrogen and oxygen atoms in total. The van der Waals surface area contributed by atoms with E-state index in [1.54, 1.807) is 25.8 Å². The first-order chi connectivity index (χ1) is 14.1. The van der Waals surface area contributed by atoms with Crippen LogP contribution in [0.25, 0.3) is 0 Å². The Morgan fingerprint density at radius 2 is 1.73 bits per heavy atom. The summed E-state index contributed by atoms with van der Waals surface area (Å²) in [6.45, 7) is 5.54. The van der Waals surface area contributed by atoms with Gasteiger partial charge in [0.15, 0.2) is 6.61 Å². The molecule has 0 N–H and O–H groups in total. The summed E-state index contributed by atoms with van der Waals surface area (Å²) in [4.78, 5) is 26.1. The number of ether oxygens (including phenoxy) is 1. The van der Waals surface area contributed by atoms with Gasteiger partial charge < -0.3 is 9.64 Å². The van der Waals surface area contributed by atoms with Crippen molar-refractivity contribution in [3.05, 3.63) is 29.6 Å². The lowest BCUT2D eigenvalue weighted by Gasteiger charge is -2.33. The number of esters is 1. The van der Waals surface area contributed by atoms with Crippen LogP contribution in [-0.4, -0.2) is 62.3 Å². The summed E-state index contributed by atoms with van der Waals surface area (Å²) in [5.41, 5.74) is -0.509. The van der Waals surface area contributed by atoms with Gasteiger partial charge in [-0.3, -0.25) is 4.79 Å². The summed E-state index contributed by atoms with van der Waals surface area (Å²) in [6, 6.07) is 3.10. The third-order valence-corrected chi connectivity index (χ3v) is 7.80. The molecule has 1 aromatic carbocycles. The SMILES string of the molecule is CCN(CC)S(=O)(=O)c1ccc(F)c(C(=O)OCC(=O)N(C)C2CCC(C)CC2)c1. The number of hydrogen-bond donors (Lipinski definition) is 0. The van der Waals surface area contributed by atoms with E-state index in [0.29, 0.717) is 5.92 Å². The number of nitrogens with zero attached hydrogens (tertiary/aromatic N) is 2. The first-order valence-electron chi connectivity index (χ1n) is 10.3. The highest BCUT2D eigenvalue weighted by atomic mass is 32.2. The molecule has 1 aliphatic rings. The monoisotopic (exact) mass is 442 g/mol. The van der Waals surface area contributed by atoms with Crippen LogP contribution in [0.2, 0.25) is 0 Å². The quantitative estimate of drug-likeness (QED) is 0.578. The van der Waals surface area contributed by atoms with Crippen LogP contribution in [0.3, 0.4) is 0 Å². The van der Waals surface area contributed by atoms with Crippen LogP contribution in [0.4, 0.5) is 4.39 Å². The summed E-state index contributed by atoms with van der Waals surface area (Å²) < 4.78 is 45.6. The molecule has 1 amide bonds. The van der Waals surface area contributed by atoms with Crippen molar-refractivity contribution < 1.29 is 27.1 Å². The molecule has 1 aliphatic carbocycles. The number of rotatable bonds is 8. The van der Waals surface area contributed by atoms with Crippen molar-refractivity contribution in [1.29, 1.82) is 0 Å². The molecule has 0 heterocycles. The Kier molecular flexibility index (Phi) is 8.37. The molecular formula is C21H31FN2O5S. The Balaban J connectivity index is 2.07. The third-order valence-electron chi connectivity index (χ3n) is 5.75. The van der Waals surface area contributed by atoms with Gasteiger partial charge in [-0.1, -0.05) is 20.8 Å². The maximum atomic E-state index is 14.2. The van der Waals surface area contributed by atoms with Gasteiger partial charge in [0.05, 0.1) is 10.5 Å². The second-order valence-electron chi connectivity index (χ2n) is 7.73. The molecule has 0 unspecified atom stereocenters. The Morgan fingerprint density at radius 1 is 1.13 bits per heavy atom. The molecule has 0 aromatic heterocycles. The van der Waals surface area contributed by atoms with E-state index < -0.39 is 34.0 Å². The molecule has 9 heteroatoms. The van der Waals surface area contributed by atoms with E-state index in [1.165, 1.54) is 4.31 Å². The number of sulfonamides is 1. The van der Waals surface area contributed by atoms with E-state index in [9.17, 15) is 22.4 Å². The van der Waals surface area contributed by atoms with Crippen molar-refractivity contribution >= 4 is 21.9 Å². The lowest BCUT2D eigenvalue weighted by Crippen LogP contribution is -2.41. The number of carbonyl (C=O) groups excluding carboxylic acids is 2. The normalized spacial score (nSPS) is 19.5. The molecule has 0 spiro atoms. The lowest BCUT2D eigenvalue weighted by atomic mass is 9.87. The van der Waals surface area contributed by atoms with Crippen LogP contribution >= 0.6 is 0 Å². The highest BCUT2D eigenvalue weighted by Crippen LogP contribution is 2.26. The number of hydrogen-bond acceptors (Lipinski definition) is 5. The van der Waals surface area contributed by atoms with E-state index >= 15 is 0 Å². The fourth-order valence-electron chi connectivity index (χ4n) is 3.67. The molecule has 1 aromatic rings. The van der Waals surface area contributed by atoms with Gasteiger partial charge in [0.25, 0.3) is 5.91 Å². The average molecular weight is 443 g/mol. The predicted octanol–water partition coefficient (Wildman–Crippen LogP) is 3.05. The van der Waals surface area contributed by atoms with Gasteiger partial charge >= 0.3 is 5.97 Å². The van der Waals surface area contributed by atoms with E-state index in [1.807, 2.05) is 0 Å². The van der Waals surface area contributed by atoms with Gasteiger partial charge in [-0.15, -0.1) is 0 Å². The highest BCUT2D eigenvalue weighted by Gasteiger charge is 2.27. The first-order valence-corrected chi connectivity index (χ1v) is 11.8. The van der Waals surface area contributed by atoms with Crippen LogP contribution < -0.4 is 0 Å². The molecule has 30 heavy (non-hydrogen) atoms. The molecule has 0 aliphatic heterocycles. The molecule has 0 bridgehead atoms. The number of likely N-dealkylation sites (N-methyl/N-ethyl adjacent to an activating group) is 1. The highest BCUT2D eigenvalue weighted by molar-refractivity contribution is 7.89. The van der Waals surface area contributed by atoms with Crippen LogP contribution in [0.1, 0.15) is 56.8 Å². The molecular weight excluding hydrogens is 411 g/mol. The molecule has 0 radical (unpaired) electrons. The smallest absolute Gasteiger partial charge is 0.341 e. The third kappa shape index (κ3) is 5.57. The second kappa shape index (κ2) is 10.3. The van der Waals surface area contributed by atoms with Crippen molar-refractivity contribution in [2.45, 2.75) is 57.4 Å². The van der Waals surface area contributed by atoms with E-state index in [2.05, 4.69) is 6.92 Å². The van der Waals surface area contributed by atoms with Crippen molar-refractivity contribution in [3.63, 3.8) is 0 Å². The van der Waals surface area contributed by atoms with Crippen molar-refractivity contribution in [2.24, 2.45) is 5.92 Å². The van der Waals surface area contributed by atoms with Gasteiger partial charge in [-0.05, 0) is 49.8 Å². The summed E-state index contributed by atoms with van der Waals surface area (Å²) in [6.07, 6.45) is 3.89. The van der Waals surface area contributed by atoms with Gasteiger partial charge in [0.1, 0.15) is 5.82 Å². The predicted molar refractivity (Wildman–Crippen MR) is 111 cm³/mol. The van der Waals surface area contributed by atoms with Crippen LogP contribution in [0, 0.1) is 11.7 Å². The Bertz CT molecular complexity index is 862. The molecule has 1 fully saturated rings. The maximum absolute atomic E-state index is 14.2. The zero-order valence-corrected chi connectivity index (χ0v) is 18.9. The zero-order chi connectivity index (χ0) is 22.5. The fourth-order valence-corrected chi connectivity index (χ4v) is 5.16. The minimum atomic E-state index is -3.85. The summed E-state index contributed by atoms with van der Waals surface area (Å²) in [5, 5.41) is 0. The van der Waals surface area contributed by atoms with Gasteiger partial charge in [-0.2, -0.15) is 4.31 Å². The number of halogens is 1. The first kappa shape index (κ1) is 24.3. The average Bonchev–Trinajstić information content (AvgIpc) is 2.72. The molecule has 2 rings (SSSR count). The maximum Gasteiger partial charge on any atom is 0.341 e. The minimum Gasteiger partial charge on any atom is -0.452 e. The standard InChI is InChI=1S/C21H31FN2O5S/c1-5-24(6-2)30(27,28)17-11-12-19(22)18(13-17)21(26)29-14-20(25)23(4)16-9-7-15(3)8-10-16/h11-13,15-16H,5-10,14H2,1-4H3. The molecule has 0 saturated heterocycles. The summed E-state index contributed by atoms with van der Waals surface area (Å²) >= 11 is 0. The zero-order valence-electron chi connectivity index (χ0n) is 18.1. The fraction of sp³-hybridized carbons (Fsp3) is 0.619. The largest absolute Gasteiger partial charge is 0.452 e. The van der Waals surface area contributed by atoms with Crippen molar-refractivity contribution in [2.75, 3.05) is 26.7 Å². The summed E-state index contributed by atoms with van der Waals surface area (Å²) in [5.74, 6) is -1.69. The number of amides is 1. The van der Waals surface area contributed by atoms with Crippen LogP contribution in [0.5, 0.6) is 0 Å².